The van der Waals surface area contributed by atoms with Crippen LogP contribution in [0.5, 0.6) is 11.5 Å². The molecule has 0 unspecified atom stereocenters. The van der Waals surface area contributed by atoms with Gasteiger partial charge in [0, 0.05) is 30.5 Å². The van der Waals surface area contributed by atoms with E-state index in [1.165, 1.54) is 7.11 Å². The minimum absolute atomic E-state index is 0.0141. The largest absolute Gasteiger partial charge is 0.497 e. The molecule has 1 aliphatic heterocycles. The van der Waals surface area contributed by atoms with Crippen molar-refractivity contribution in [1.82, 2.24) is 5.32 Å². The highest BCUT2D eigenvalue weighted by Crippen LogP contribution is 2.26. The summed E-state index contributed by atoms with van der Waals surface area (Å²) < 4.78 is 10.4. The summed E-state index contributed by atoms with van der Waals surface area (Å²) in [5, 5.41) is 5.65. The lowest BCUT2D eigenvalue weighted by Gasteiger charge is -2.28. The van der Waals surface area contributed by atoms with Gasteiger partial charge in [-0.05, 0) is 36.4 Å². The Kier molecular flexibility index (Phi) is 5.26. The van der Waals surface area contributed by atoms with Gasteiger partial charge in [0.2, 0.25) is 5.91 Å². The third kappa shape index (κ3) is 3.88. The molecule has 0 bridgehead atoms. The lowest BCUT2D eigenvalue weighted by Crippen LogP contribution is -2.47. The molecular formula is C19H21N3O4. The van der Waals surface area contributed by atoms with Crippen LogP contribution in [0.2, 0.25) is 0 Å². The predicted octanol–water partition coefficient (Wildman–Crippen LogP) is 1.89. The summed E-state index contributed by atoms with van der Waals surface area (Å²) in [5.41, 5.74) is 2.03. The van der Waals surface area contributed by atoms with Crippen molar-refractivity contribution in [2.24, 2.45) is 0 Å². The van der Waals surface area contributed by atoms with Gasteiger partial charge in [0.1, 0.15) is 11.5 Å². The van der Waals surface area contributed by atoms with Crippen LogP contribution in [-0.4, -0.2) is 45.7 Å². The van der Waals surface area contributed by atoms with Crippen molar-refractivity contribution in [3.05, 3.63) is 48.0 Å². The first-order valence-electron chi connectivity index (χ1n) is 8.26. The van der Waals surface area contributed by atoms with E-state index in [1.54, 1.807) is 25.3 Å². The Labute approximate surface area is 151 Å². The summed E-state index contributed by atoms with van der Waals surface area (Å²) in [5.74, 6) is 0.806. The van der Waals surface area contributed by atoms with Gasteiger partial charge in [0.25, 0.3) is 5.91 Å². The molecule has 7 nitrogen and oxygen atoms in total. The van der Waals surface area contributed by atoms with Gasteiger partial charge < -0.3 is 25.0 Å². The Morgan fingerprint density at radius 1 is 1.12 bits per heavy atom. The predicted molar refractivity (Wildman–Crippen MR) is 99.2 cm³/mol. The molecule has 1 saturated heterocycles. The third-order valence-electron chi connectivity index (χ3n) is 4.18. The summed E-state index contributed by atoms with van der Waals surface area (Å²) in [4.78, 5) is 26.0. The topological polar surface area (TPSA) is 79.9 Å². The number of amides is 2. The molecule has 1 fully saturated rings. The average molecular weight is 355 g/mol. The van der Waals surface area contributed by atoms with Crippen LogP contribution in [0, 0.1) is 0 Å². The fourth-order valence-corrected chi connectivity index (χ4v) is 2.80. The van der Waals surface area contributed by atoms with E-state index in [2.05, 4.69) is 10.6 Å². The molecule has 2 amide bonds. The molecule has 0 aromatic heterocycles. The number of rotatable bonds is 5. The normalized spacial score (nSPS) is 13.8. The number of ether oxygens (including phenoxy) is 2. The molecule has 0 saturated carbocycles. The molecule has 1 heterocycles. The highest BCUT2D eigenvalue weighted by atomic mass is 16.5. The van der Waals surface area contributed by atoms with Crippen LogP contribution in [0.3, 0.4) is 0 Å². The number of nitrogens with zero attached hydrogens (tertiary/aromatic N) is 1. The van der Waals surface area contributed by atoms with Crippen LogP contribution in [0.25, 0.3) is 0 Å². The standard InChI is InChI=1S/C19H21N3O4/c1-25-15-7-8-16(17(11-15)26-2)19(24)21-13-3-5-14(6-4-13)22-10-9-20-18(23)12-22/h3-8,11H,9-10,12H2,1-2H3,(H,20,23)(H,21,24). The number of hydrogen-bond acceptors (Lipinski definition) is 5. The maximum atomic E-state index is 12.5. The first-order valence-corrected chi connectivity index (χ1v) is 8.26. The van der Waals surface area contributed by atoms with E-state index in [-0.39, 0.29) is 11.8 Å². The third-order valence-corrected chi connectivity index (χ3v) is 4.18. The second kappa shape index (κ2) is 7.77. The van der Waals surface area contributed by atoms with E-state index in [4.69, 9.17) is 9.47 Å². The van der Waals surface area contributed by atoms with Gasteiger partial charge in [-0.2, -0.15) is 0 Å². The van der Waals surface area contributed by atoms with Crippen molar-refractivity contribution >= 4 is 23.2 Å². The van der Waals surface area contributed by atoms with Crippen molar-refractivity contribution in [3.63, 3.8) is 0 Å². The molecule has 2 N–H and O–H groups in total. The molecule has 26 heavy (non-hydrogen) atoms. The first kappa shape index (κ1) is 17.6. The molecule has 1 aliphatic rings. The summed E-state index contributed by atoms with van der Waals surface area (Å²) >= 11 is 0. The Balaban J connectivity index is 1.71. The summed E-state index contributed by atoms with van der Waals surface area (Å²) in [6.45, 7) is 1.74. The van der Waals surface area contributed by atoms with Gasteiger partial charge in [-0.3, -0.25) is 9.59 Å². The van der Waals surface area contributed by atoms with Crippen LogP contribution in [0.1, 0.15) is 10.4 Å². The molecule has 7 heteroatoms. The van der Waals surface area contributed by atoms with Crippen LogP contribution in [-0.2, 0) is 4.79 Å². The van der Waals surface area contributed by atoms with Gasteiger partial charge in [0.05, 0.1) is 26.3 Å². The minimum Gasteiger partial charge on any atom is -0.497 e. The second-order valence-corrected chi connectivity index (χ2v) is 5.84. The molecular weight excluding hydrogens is 334 g/mol. The van der Waals surface area contributed by atoms with Crippen molar-refractivity contribution in [2.75, 3.05) is 44.1 Å². The van der Waals surface area contributed by atoms with Crippen LogP contribution >= 0.6 is 0 Å². The number of carbonyl (C=O) groups is 2. The molecule has 0 spiro atoms. The number of anilines is 2. The molecule has 2 aromatic carbocycles. The van der Waals surface area contributed by atoms with Crippen LogP contribution in [0.4, 0.5) is 11.4 Å². The smallest absolute Gasteiger partial charge is 0.259 e. The number of hydrogen-bond donors (Lipinski definition) is 2. The van der Waals surface area contributed by atoms with E-state index >= 15 is 0 Å². The molecule has 0 aliphatic carbocycles. The van der Waals surface area contributed by atoms with E-state index in [0.29, 0.717) is 35.8 Å². The minimum atomic E-state index is -0.269. The quantitative estimate of drug-likeness (QED) is 0.856. The van der Waals surface area contributed by atoms with Gasteiger partial charge in [-0.15, -0.1) is 0 Å². The molecule has 136 valence electrons. The van der Waals surface area contributed by atoms with Crippen LogP contribution < -0.4 is 25.0 Å². The maximum Gasteiger partial charge on any atom is 0.259 e. The number of carbonyl (C=O) groups excluding carboxylic acids is 2. The SMILES string of the molecule is COc1ccc(C(=O)Nc2ccc(N3CCNC(=O)C3)cc2)c(OC)c1. The zero-order valence-corrected chi connectivity index (χ0v) is 14.7. The van der Waals surface area contributed by atoms with E-state index in [0.717, 1.165) is 12.2 Å². The fraction of sp³-hybridized carbons (Fsp3) is 0.263. The molecule has 3 rings (SSSR count). The lowest BCUT2D eigenvalue weighted by molar-refractivity contribution is -0.120. The number of methoxy groups -OCH3 is 2. The van der Waals surface area contributed by atoms with E-state index < -0.39 is 0 Å². The van der Waals surface area contributed by atoms with Crippen molar-refractivity contribution in [1.29, 1.82) is 0 Å². The molecule has 0 atom stereocenters. The summed E-state index contributed by atoms with van der Waals surface area (Å²) in [6.07, 6.45) is 0. The number of nitrogens with one attached hydrogen (secondary N) is 2. The Morgan fingerprint density at radius 2 is 1.88 bits per heavy atom. The summed E-state index contributed by atoms with van der Waals surface area (Å²) in [7, 11) is 3.07. The Bertz CT molecular complexity index is 805. The monoisotopic (exact) mass is 355 g/mol. The van der Waals surface area contributed by atoms with Crippen molar-refractivity contribution in [2.45, 2.75) is 0 Å². The van der Waals surface area contributed by atoms with Gasteiger partial charge in [-0.25, -0.2) is 0 Å². The summed E-state index contributed by atoms with van der Waals surface area (Å²) in [6, 6.07) is 12.4. The Hall–Kier alpha value is -3.22. The zero-order valence-electron chi connectivity index (χ0n) is 14.7. The van der Waals surface area contributed by atoms with Crippen molar-refractivity contribution < 1.29 is 19.1 Å². The van der Waals surface area contributed by atoms with Gasteiger partial charge in [0.15, 0.2) is 0 Å². The maximum absolute atomic E-state index is 12.5. The molecule has 0 radical (unpaired) electrons. The van der Waals surface area contributed by atoms with E-state index in [9.17, 15) is 9.59 Å². The first-order chi connectivity index (χ1) is 12.6. The van der Waals surface area contributed by atoms with Gasteiger partial charge in [-0.1, -0.05) is 0 Å². The van der Waals surface area contributed by atoms with Crippen molar-refractivity contribution in [3.8, 4) is 11.5 Å². The second-order valence-electron chi connectivity index (χ2n) is 5.84. The molecule has 2 aromatic rings. The number of piperazine rings is 1. The highest BCUT2D eigenvalue weighted by molar-refractivity contribution is 6.06. The van der Waals surface area contributed by atoms with E-state index in [1.807, 2.05) is 29.2 Å². The fourth-order valence-electron chi connectivity index (χ4n) is 2.80. The zero-order chi connectivity index (χ0) is 18.5. The van der Waals surface area contributed by atoms with Crippen LogP contribution in [0.15, 0.2) is 42.5 Å². The Morgan fingerprint density at radius 3 is 2.54 bits per heavy atom. The van der Waals surface area contributed by atoms with Gasteiger partial charge >= 0.3 is 0 Å². The average Bonchev–Trinajstić information content (AvgIpc) is 2.68. The highest BCUT2D eigenvalue weighted by Gasteiger charge is 2.17. The lowest BCUT2D eigenvalue weighted by atomic mass is 10.1. The number of benzene rings is 2.